The second kappa shape index (κ2) is 10.9. The van der Waals surface area contributed by atoms with Crippen molar-refractivity contribution in [3.63, 3.8) is 0 Å². The number of para-hydroxylation sites is 1. The number of nitrogens with zero attached hydrogens (tertiary/aromatic N) is 2. The van der Waals surface area contributed by atoms with E-state index in [2.05, 4.69) is 0 Å². The predicted octanol–water partition coefficient (Wildman–Crippen LogP) is 6.26. The minimum atomic E-state index is -1.06. The minimum absolute atomic E-state index is 0.138. The summed E-state index contributed by atoms with van der Waals surface area (Å²) in [5, 5.41) is 3.27. The summed E-state index contributed by atoms with van der Waals surface area (Å²) in [6.07, 6.45) is -1.06. The van der Waals surface area contributed by atoms with Gasteiger partial charge in [-0.1, -0.05) is 60.7 Å². The zero-order valence-corrected chi connectivity index (χ0v) is 23.4. The normalized spacial score (nSPS) is 19.4. The van der Waals surface area contributed by atoms with E-state index in [0.717, 1.165) is 10.8 Å². The average Bonchev–Trinajstić information content (AvgIpc) is 3.57. The molecule has 0 aromatic heterocycles. The van der Waals surface area contributed by atoms with Gasteiger partial charge in [0.25, 0.3) is 5.91 Å². The lowest BCUT2D eigenvalue weighted by molar-refractivity contribution is -0.126. The highest BCUT2D eigenvalue weighted by atomic mass is 19.1. The Morgan fingerprint density at radius 3 is 2.30 bits per heavy atom. The van der Waals surface area contributed by atoms with E-state index in [1.807, 2.05) is 66.7 Å². The standard InChI is InChI=1S/C35H25FN2O6/c1-42-29-20-23(16-19-28(29)43-35(41)22-14-17-24(36)18-15-22)31-30-32(44-38(31)25-10-3-2-4-11-25)34(40)37(33(30)39)27-13-7-9-21-8-5-6-12-26(21)27/h2-20,30-32H,1H3/t30-,31+,32+/m1/s1. The summed E-state index contributed by atoms with van der Waals surface area (Å²) in [5.41, 5.74) is 1.95. The molecule has 0 aliphatic carbocycles. The van der Waals surface area contributed by atoms with E-state index in [0.29, 0.717) is 16.9 Å². The fourth-order valence-electron chi connectivity index (χ4n) is 5.89. The van der Waals surface area contributed by atoms with Crippen LogP contribution in [0.25, 0.3) is 10.8 Å². The van der Waals surface area contributed by atoms with Gasteiger partial charge in [-0.25, -0.2) is 19.1 Å². The maximum Gasteiger partial charge on any atom is 0.343 e. The summed E-state index contributed by atoms with van der Waals surface area (Å²) in [7, 11) is 1.43. The number of benzene rings is 5. The van der Waals surface area contributed by atoms with E-state index < -0.39 is 35.8 Å². The van der Waals surface area contributed by atoms with Gasteiger partial charge in [0.15, 0.2) is 17.6 Å². The summed E-state index contributed by atoms with van der Waals surface area (Å²) in [4.78, 5) is 48.4. The van der Waals surface area contributed by atoms with Crippen LogP contribution in [0.4, 0.5) is 15.8 Å². The number of rotatable bonds is 6. The fourth-order valence-corrected chi connectivity index (χ4v) is 5.89. The number of fused-ring (bicyclic) bond motifs is 2. The summed E-state index contributed by atoms with van der Waals surface area (Å²) in [5.74, 6) is -2.49. The maximum absolute atomic E-state index is 14.2. The van der Waals surface area contributed by atoms with Crippen molar-refractivity contribution >= 4 is 39.9 Å². The lowest BCUT2D eigenvalue weighted by Crippen LogP contribution is -2.37. The van der Waals surface area contributed by atoms with Crippen molar-refractivity contribution < 1.29 is 33.1 Å². The smallest absolute Gasteiger partial charge is 0.343 e. The Morgan fingerprint density at radius 1 is 0.795 bits per heavy atom. The van der Waals surface area contributed by atoms with E-state index in [1.165, 1.54) is 36.3 Å². The number of halogens is 1. The molecular weight excluding hydrogens is 563 g/mol. The Hall–Kier alpha value is -5.54. The highest BCUT2D eigenvalue weighted by Gasteiger charge is 2.60. The first kappa shape index (κ1) is 27.3. The monoisotopic (exact) mass is 588 g/mol. The molecule has 0 spiro atoms. The summed E-state index contributed by atoms with van der Waals surface area (Å²) >= 11 is 0. The quantitative estimate of drug-likeness (QED) is 0.132. The number of carbonyl (C=O) groups is 3. The third-order valence-corrected chi connectivity index (χ3v) is 7.95. The van der Waals surface area contributed by atoms with Crippen LogP contribution in [0.1, 0.15) is 22.0 Å². The average molecular weight is 589 g/mol. The van der Waals surface area contributed by atoms with Gasteiger partial charge in [-0.05, 0) is 65.5 Å². The molecule has 0 radical (unpaired) electrons. The van der Waals surface area contributed by atoms with Crippen LogP contribution in [0.2, 0.25) is 0 Å². The highest BCUT2D eigenvalue weighted by Crippen LogP contribution is 2.49. The molecule has 218 valence electrons. The van der Waals surface area contributed by atoms with E-state index in [4.69, 9.17) is 14.3 Å². The lowest BCUT2D eigenvalue weighted by Gasteiger charge is -2.29. The van der Waals surface area contributed by atoms with Crippen molar-refractivity contribution in [3.8, 4) is 11.5 Å². The minimum Gasteiger partial charge on any atom is -0.493 e. The first-order valence-electron chi connectivity index (χ1n) is 14.0. The van der Waals surface area contributed by atoms with Crippen LogP contribution in [0, 0.1) is 11.7 Å². The molecule has 8 nitrogen and oxygen atoms in total. The van der Waals surface area contributed by atoms with Gasteiger partial charge in [-0.3, -0.25) is 14.4 Å². The number of hydroxylamine groups is 1. The first-order valence-corrected chi connectivity index (χ1v) is 14.0. The van der Waals surface area contributed by atoms with Crippen molar-refractivity contribution in [1.82, 2.24) is 0 Å². The highest BCUT2D eigenvalue weighted by molar-refractivity contribution is 6.26. The van der Waals surface area contributed by atoms with Crippen molar-refractivity contribution in [2.45, 2.75) is 12.1 Å². The van der Waals surface area contributed by atoms with E-state index in [9.17, 15) is 18.8 Å². The van der Waals surface area contributed by atoms with Gasteiger partial charge >= 0.3 is 5.97 Å². The van der Waals surface area contributed by atoms with Crippen LogP contribution >= 0.6 is 0 Å². The Balaban J connectivity index is 1.27. The first-order chi connectivity index (χ1) is 21.4. The van der Waals surface area contributed by atoms with Gasteiger partial charge in [0, 0.05) is 5.39 Å². The van der Waals surface area contributed by atoms with Crippen molar-refractivity contribution in [1.29, 1.82) is 0 Å². The Labute approximate surface area is 251 Å². The molecule has 2 aliphatic rings. The summed E-state index contributed by atoms with van der Waals surface area (Å²) in [6.45, 7) is 0. The van der Waals surface area contributed by atoms with E-state index >= 15 is 0 Å². The molecule has 5 aromatic rings. The number of imide groups is 1. The summed E-state index contributed by atoms with van der Waals surface area (Å²) < 4.78 is 24.5. The molecule has 2 heterocycles. The second-order valence-electron chi connectivity index (χ2n) is 10.5. The molecule has 9 heteroatoms. The van der Waals surface area contributed by atoms with Crippen LogP contribution < -0.4 is 19.4 Å². The Bertz CT molecular complexity index is 1910. The molecular formula is C35H25FN2O6. The molecule has 5 aromatic carbocycles. The zero-order valence-electron chi connectivity index (χ0n) is 23.4. The van der Waals surface area contributed by atoms with Gasteiger partial charge in [-0.15, -0.1) is 0 Å². The van der Waals surface area contributed by atoms with Gasteiger partial charge in [0.2, 0.25) is 5.91 Å². The molecule has 2 saturated heterocycles. The lowest BCUT2D eigenvalue weighted by atomic mass is 9.90. The molecule has 0 unspecified atom stereocenters. The Morgan fingerprint density at radius 2 is 1.52 bits per heavy atom. The Kier molecular flexibility index (Phi) is 6.79. The van der Waals surface area contributed by atoms with Crippen molar-refractivity contribution in [2.24, 2.45) is 5.92 Å². The number of amides is 2. The number of esters is 1. The maximum atomic E-state index is 14.2. The van der Waals surface area contributed by atoms with Gasteiger partial charge in [0.1, 0.15) is 11.7 Å². The van der Waals surface area contributed by atoms with Crippen molar-refractivity contribution in [3.05, 3.63) is 132 Å². The molecule has 44 heavy (non-hydrogen) atoms. The fraction of sp³-hybridized carbons (Fsp3) is 0.114. The number of hydrogen-bond acceptors (Lipinski definition) is 7. The topological polar surface area (TPSA) is 85.4 Å². The summed E-state index contributed by atoms with van der Waals surface area (Å²) in [6, 6.07) is 31.5. The van der Waals surface area contributed by atoms with Crippen LogP contribution in [-0.4, -0.2) is 31.0 Å². The number of ether oxygens (including phenoxy) is 2. The van der Waals surface area contributed by atoms with E-state index in [-0.39, 0.29) is 23.0 Å². The van der Waals surface area contributed by atoms with Gasteiger partial charge < -0.3 is 9.47 Å². The molecule has 3 atom stereocenters. The molecule has 0 bridgehead atoms. The van der Waals surface area contributed by atoms with Crippen LogP contribution in [-0.2, 0) is 14.4 Å². The molecule has 2 fully saturated rings. The van der Waals surface area contributed by atoms with Gasteiger partial charge in [0.05, 0.1) is 30.1 Å². The zero-order chi connectivity index (χ0) is 30.4. The van der Waals surface area contributed by atoms with Crippen LogP contribution in [0.15, 0.2) is 115 Å². The van der Waals surface area contributed by atoms with Crippen molar-refractivity contribution in [2.75, 3.05) is 17.1 Å². The van der Waals surface area contributed by atoms with Crippen LogP contribution in [0.5, 0.6) is 11.5 Å². The molecule has 2 aliphatic heterocycles. The number of carbonyl (C=O) groups excluding carboxylic acids is 3. The van der Waals surface area contributed by atoms with Gasteiger partial charge in [-0.2, -0.15) is 0 Å². The van der Waals surface area contributed by atoms with Crippen LogP contribution in [0.3, 0.4) is 0 Å². The number of anilines is 2. The SMILES string of the molecule is COc1cc([C@H]2[C@H]3C(=O)N(c4cccc5ccccc45)C(=O)[C@H]3ON2c2ccccc2)ccc1OC(=O)c1ccc(F)cc1. The number of methoxy groups -OCH3 is 1. The molecule has 0 saturated carbocycles. The third kappa shape index (κ3) is 4.54. The number of hydrogen-bond donors (Lipinski definition) is 0. The largest absolute Gasteiger partial charge is 0.493 e. The van der Waals surface area contributed by atoms with E-state index in [1.54, 1.807) is 29.3 Å². The second-order valence-corrected chi connectivity index (χ2v) is 10.5. The molecule has 2 amide bonds. The third-order valence-electron chi connectivity index (χ3n) is 7.95. The molecule has 7 rings (SSSR count). The molecule has 0 N–H and O–H groups in total. The predicted molar refractivity (Wildman–Crippen MR) is 161 cm³/mol.